The fourth-order valence-corrected chi connectivity index (χ4v) is 6.88. The zero-order valence-electron chi connectivity index (χ0n) is 40.4. The first kappa shape index (κ1) is 64.2. The van der Waals surface area contributed by atoms with Crippen LogP contribution in [0.3, 0.4) is 0 Å². The second-order valence-corrected chi connectivity index (χ2v) is 16.5. The molecule has 0 aliphatic carbocycles. The van der Waals surface area contributed by atoms with Crippen LogP contribution in [0.5, 0.6) is 23.0 Å². The summed E-state index contributed by atoms with van der Waals surface area (Å²) in [5.41, 5.74) is 1.36. The zero-order valence-corrected chi connectivity index (χ0v) is 44.9. The number of esters is 1. The number of carbonyl (C=O) groups excluding carboxylic acids is 4. The molecule has 17 heteroatoms. The maximum atomic E-state index is 12.3. The highest BCUT2D eigenvalue weighted by Gasteiger charge is 2.22. The second kappa shape index (κ2) is 38.0. The number of alkyl halides is 1. The summed E-state index contributed by atoms with van der Waals surface area (Å²) < 4.78 is 31.1. The third kappa shape index (κ3) is 24.2. The molecule has 68 heavy (non-hydrogen) atoms. The lowest BCUT2D eigenvalue weighted by Crippen LogP contribution is -3.11. The Morgan fingerprint density at radius 2 is 1.00 bits per heavy atom. The first-order valence-corrected chi connectivity index (χ1v) is 24.4. The number of hydrogen-bond donors (Lipinski definition) is 1. The molecule has 0 atom stereocenters. The number of hydrogen-bond acceptors (Lipinski definition) is 10. The van der Waals surface area contributed by atoms with Gasteiger partial charge in [0, 0.05) is 25.8 Å². The van der Waals surface area contributed by atoms with Crippen LogP contribution < -0.4 is 36.3 Å². The van der Waals surface area contributed by atoms with Crippen molar-refractivity contribution in [1.82, 2.24) is 0 Å². The predicted octanol–water partition coefficient (Wildman–Crippen LogP) is 9.69. The molecule has 0 aromatic heterocycles. The summed E-state index contributed by atoms with van der Waals surface area (Å²) in [5, 5.41) is 1.09. The van der Waals surface area contributed by atoms with Gasteiger partial charge in [-0.05, 0) is 126 Å². The molecule has 0 spiro atoms. The van der Waals surface area contributed by atoms with Crippen molar-refractivity contribution in [3.05, 3.63) is 115 Å². The van der Waals surface area contributed by atoms with E-state index in [0.29, 0.717) is 44.8 Å². The molecule has 1 heterocycles. The standard InChI is InChI=1S/C20H20Cl2O5.C12H15ClO2.C9H8Cl2O2.C6H15N.C4H8O.ClH.H2/c1-3-4-11-26-14-7-5-13(6-8-14)17(23)12-27-20(24)18-15(21)9-10-16(22)19(18)25-2;1-2-3-8-15-11-6-4-10(5-7-11)12(14)9-13;1-5(12)8-6(10)3-4-7(11)9(8)13-2;1-4-7(5-2)6-3;1-2-4-5-3-1;;/h5-10H,3-4,11-12H2,1-2H3;4-7H,2-3,8-9H2,1H3;3-4H,1-2H3;4-6H2,1-3H3;1-4H2;2*1H/i;;;;;;1+1. The fraction of sp³-hybridized carbons (Fsp3) is 0.451. The highest BCUT2D eigenvalue weighted by Crippen LogP contribution is 2.35. The van der Waals surface area contributed by atoms with Gasteiger partial charge in [0.05, 0.1) is 78.6 Å². The molecule has 0 unspecified atom stereocenters. The van der Waals surface area contributed by atoms with Crippen molar-refractivity contribution >= 4 is 81.3 Å². The number of nitrogens with one attached hydrogen (secondary N) is 1. The maximum absolute atomic E-state index is 12.3. The first-order chi connectivity index (χ1) is 32.2. The van der Waals surface area contributed by atoms with Gasteiger partial charge in [-0.1, -0.05) is 73.1 Å². The van der Waals surface area contributed by atoms with Crippen LogP contribution in [0, 0.1) is 0 Å². The van der Waals surface area contributed by atoms with Gasteiger partial charge in [0.1, 0.15) is 22.8 Å². The number of halogens is 6. The molecular weight excluding hydrogens is 999 g/mol. The Morgan fingerprint density at radius 1 is 0.603 bits per heavy atom. The molecule has 0 bridgehead atoms. The van der Waals surface area contributed by atoms with Gasteiger partial charge in [0.15, 0.2) is 29.7 Å². The third-order valence-electron chi connectivity index (χ3n) is 9.75. The smallest absolute Gasteiger partial charge is 0.343 e. The highest BCUT2D eigenvalue weighted by atomic mass is 35.5. The van der Waals surface area contributed by atoms with Crippen molar-refractivity contribution in [3.8, 4) is 23.0 Å². The monoisotopic (exact) mass is 1070 g/mol. The molecule has 1 aliphatic heterocycles. The number of unbranched alkanes of at least 4 members (excludes halogenated alkanes) is 2. The Bertz CT molecular complexity index is 2060. The van der Waals surface area contributed by atoms with Gasteiger partial charge >= 0.3 is 5.97 Å². The van der Waals surface area contributed by atoms with Crippen LogP contribution in [0.25, 0.3) is 0 Å². The Labute approximate surface area is 436 Å². The molecule has 1 aliphatic rings. The molecule has 11 nitrogen and oxygen atoms in total. The van der Waals surface area contributed by atoms with E-state index in [0.717, 1.165) is 51.3 Å². The quantitative estimate of drug-likeness (QED) is 0.0396. The molecule has 4 aromatic carbocycles. The van der Waals surface area contributed by atoms with Crippen LogP contribution in [-0.2, 0) is 9.47 Å². The number of ketones is 3. The highest BCUT2D eigenvalue weighted by molar-refractivity contribution is 6.38. The van der Waals surface area contributed by atoms with Gasteiger partial charge < -0.3 is 45.7 Å². The Morgan fingerprint density at radius 3 is 1.32 bits per heavy atom. The van der Waals surface area contributed by atoms with E-state index >= 15 is 0 Å². The van der Waals surface area contributed by atoms with Crippen LogP contribution >= 0.6 is 58.0 Å². The lowest BCUT2D eigenvalue weighted by molar-refractivity contribution is -0.894. The summed E-state index contributed by atoms with van der Waals surface area (Å²) in [5.74, 6) is 0.601. The summed E-state index contributed by atoms with van der Waals surface area (Å²) in [7, 11) is 2.81. The number of Topliss-reactive ketones (excluding diaryl/α,β-unsaturated/α-hetero) is 3. The summed E-state index contributed by atoms with van der Waals surface area (Å²) in [6.07, 6.45) is 6.72. The number of ether oxygens (including phenoxy) is 6. The molecule has 1 fully saturated rings. The first-order valence-electron chi connectivity index (χ1n) is 22.4. The Hall–Kier alpha value is -3.78. The van der Waals surface area contributed by atoms with E-state index < -0.39 is 12.6 Å². The third-order valence-corrected chi connectivity index (χ3v) is 11.2. The van der Waals surface area contributed by atoms with Crippen LogP contribution in [0.15, 0.2) is 72.8 Å². The summed E-state index contributed by atoms with van der Waals surface area (Å²) >= 11 is 29.1. The Balaban J connectivity index is 0. The Kier molecular flexibility index (Phi) is 35.9. The molecule has 0 radical (unpaired) electrons. The van der Waals surface area contributed by atoms with E-state index in [9.17, 15) is 19.2 Å². The number of quaternary nitrogens is 1. The van der Waals surface area contributed by atoms with Crippen molar-refractivity contribution in [3.63, 3.8) is 0 Å². The normalized spacial score (nSPS) is 11.0. The molecule has 5 rings (SSSR count). The van der Waals surface area contributed by atoms with Crippen molar-refractivity contribution in [2.75, 3.05) is 72.8 Å². The van der Waals surface area contributed by atoms with Gasteiger partial charge in [-0.25, -0.2) is 4.79 Å². The van der Waals surface area contributed by atoms with Gasteiger partial charge in [0.2, 0.25) is 0 Å². The average Bonchev–Trinajstić information content (AvgIpc) is 3.94. The van der Waals surface area contributed by atoms with Crippen LogP contribution in [-0.4, -0.2) is 96.1 Å². The molecule has 0 saturated carbocycles. The summed E-state index contributed by atoms with van der Waals surface area (Å²) in [6.45, 7) is 19.0. The minimum atomic E-state index is -0.785. The van der Waals surface area contributed by atoms with E-state index in [1.54, 1.807) is 65.6 Å². The van der Waals surface area contributed by atoms with Gasteiger partial charge in [-0.2, -0.15) is 0 Å². The number of rotatable bonds is 20. The summed E-state index contributed by atoms with van der Waals surface area (Å²) in [4.78, 5) is 48.6. The van der Waals surface area contributed by atoms with Crippen LogP contribution in [0.1, 0.15) is 123 Å². The zero-order chi connectivity index (χ0) is 50.1. The molecule has 0 amide bonds. The van der Waals surface area contributed by atoms with E-state index in [1.165, 1.54) is 65.8 Å². The molecule has 380 valence electrons. The largest absolute Gasteiger partial charge is 1.00 e. The lowest BCUT2D eigenvalue weighted by Gasteiger charge is -2.11. The molecule has 1 saturated heterocycles. The second-order valence-electron chi connectivity index (χ2n) is 14.6. The fourth-order valence-electron chi connectivity index (χ4n) is 5.75. The van der Waals surface area contributed by atoms with Gasteiger partial charge in [-0.3, -0.25) is 14.4 Å². The predicted molar refractivity (Wildman–Crippen MR) is 274 cm³/mol. The van der Waals surface area contributed by atoms with Crippen LogP contribution in [0.2, 0.25) is 20.1 Å². The minimum Gasteiger partial charge on any atom is -1.00 e. The SMILES string of the molecule is C1CCOC1.CCCCOc1ccc(C(=O)CCl)cc1.CCCCOc1ccc(C(=O)COC(=O)c2c(Cl)ccc(Cl)c2OC)cc1.CC[NH+](CC)CC.COc1c(Cl)ccc(Cl)c1C(C)=O.[2HH].[Cl-]. The lowest BCUT2D eigenvalue weighted by atomic mass is 10.1. The van der Waals surface area contributed by atoms with E-state index in [-0.39, 0.29) is 58.4 Å². The number of carbonyl (C=O) groups is 4. The molecule has 4 aromatic rings. The average molecular weight is 1070 g/mol. The van der Waals surface area contributed by atoms with Gasteiger partial charge in [0.25, 0.3) is 0 Å². The topological polar surface area (TPSA) is 128 Å². The van der Waals surface area contributed by atoms with E-state index in [1.807, 2.05) is 0 Å². The number of methoxy groups -OCH3 is 2. The molecular formula is C51H69Cl6NO10. The van der Waals surface area contributed by atoms with Crippen molar-refractivity contribution in [2.45, 2.75) is 80.1 Å². The van der Waals surface area contributed by atoms with Crippen LogP contribution in [0.4, 0.5) is 0 Å². The maximum Gasteiger partial charge on any atom is 0.343 e. The van der Waals surface area contributed by atoms with E-state index in [4.69, 9.17) is 86.4 Å². The van der Waals surface area contributed by atoms with Crippen molar-refractivity contribution < 1.29 is 66.3 Å². The minimum absolute atomic E-state index is 0. The van der Waals surface area contributed by atoms with Crippen molar-refractivity contribution in [2.24, 2.45) is 0 Å². The van der Waals surface area contributed by atoms with Gasteiger partial charge in [-0.15, -0.1) is 11.6 Å². The molecule has 1 N–H and O–H groups in total. The van der Waals surface area contributed by atoms with E-state index in [2.05, 4.69) is 34.6 Å². The van der Waals surface area contributed by atoms with Crippen molar-refractivity contribution in [1.29, 1.82) is 0 Å². The number of benzene rings is 4. The summed E-state index contributed by atoms with van der Waals surface area (Å²) in [6, 6.07) is 19.9.